The van der Waals surface area contributed by atoms with E-state index in [0.29, 0.717) is 0 Å². The fourth-order valence-electron chi connectivity index (χ4n) is 22.1. The Hall–Kier alpha value is -0.640. The van der Waals surface area contributed by atoms with Gasteiger partial charge in [-0.15, -0.1) is 0 Å². The van der Waals surface area contributed by atoms with E-state index < -0.39 is 0 Å². The Morgan fingerprint density at radius 2 is 0.279 bits per heavy atom. The molecule has 11 aliphatic rings. The van der Waals surface area contributed by atoms with Crippen molar-refractivity contribution in [3.8, 4) is 0 Å². The number of rotatable bonds is 44. The molecule has 4 atom stereocenters. The van der Waals surface area contributed by atoms with E-state index in [1.165, 1.54) is 399 Å². The summed E-state index contributed by atoms with van der Waals surface area (Å²) in [7, 11) is 8.95. The van der Waals surface area contributed by atoms with Crippen molar-refractivity contribution in [2.45, 2.75) is 667 Å². The van der Waals surface area contributed by atoms with Gasteiger partial charge in [0.25, 0.3) is 0 Å². The van der Waals surface area contributed by atoms with Crippen molar-refractivity contribution < 1.29 is 52.1 Å². The van der Waals surface area contributed by atoms with Gasteiger partial charge in [0.2, 0.25) is 0 Å². The summed E-state index contributed by atoms with van der Waals surface area (Å²) in [6.07, 6.45) is 76.0. The maximum Gasteiger partial charge on any atom is 0.0598 e. The second-order valence-electron chi connectivity index (χ2n) is 57.9. The first-order valence-corrected chi connectivity index (χ1v) is 63.1. The normalized spacial score (nSPS) is 21.4. The standard InChI is InChI=1S/4C12H25NO.6C12H24O.C11H23NO/c4*1-12(2,3)14-10-6-8-11-7-5-9-13(11)4;6*1-12(2,3)13-10-6-9-11-7-4-5-8-11;1-11(2,3)13-10-6-9-12-7-4-5-8-12/h4*11H,5-10H2,1-4H3;6*11H,4-10H2,1-3H3;4-10H2,1-3H3/t2*11-;;;;;;;;;/m10........./s1. The van der Waals surface area contributed by atoms with E-state index in [4.69, 9.17) is 52.1 Å². The minimum atomic E-state index is 0.0293. The zero-order valence-corrected chi connectivity index (χ0v) is 107. The highest BCUT2D eigenvalue weighted by molar-refractivity contribution is 4.83. The molecule has 5 aliphatic heterocycles. The van der Waals surface area contributed by atoms with Crippen LogP contribution in [0.5, 0.6) is 0 Å². The SMILES string of the molecule is CC(C)(C)OCCCC1CCCC1.CC(C)(C)OCCCC1CCCC1.CC(C)(C)OCCCC1CCCC1.CC(C)(C)OCCCC1CCCC1.CC(C)(C)OCCCC1CCCC1.CC(C)(C)OCCCC1CCCC1.CC(C)(C)OCCCN1CCCC1.CN1CCCC1CCCOC(C)(C)C.CN1CCCC1CCCOC(C)(C)C.CN1CCC[C@@H]1CCCOC(C)(C)C.CN1CCC[C@H]1CCCOC(C)(C)C. The van der Waals surface area contributed by atoms with Gasteiger partial charge in [-0.3, -0.25) is 0 Å². The fraction of sp³-hybridized carbons (Fsp3) is 1.00. The van der Waals surface area contributed by atoms with E-state index in [1.54, 1.807) is 0 Å². The van der Waals surface area contributed by atoms with Gasteiger partial charge in [0.1, 0.15) is 0 Å². The lowest BCUT2D eigenvalue weighted by molar-refractivity contribution is -0.00666. The van der Waals surface area contributed by atoms with Crippen molar-refractivity contribution in [1.82, 2.24) is 24.5 Å². The summed E-state index contributed by atoms with van der Waals surface area (Å²) in [6.45, 7) is 89.2. The van der Waals surface area contributed by atoms with Crippen LogP contribution >= 0.6 is 0 Å². The molecule has 0 aromatic carbocycles. The monoisotopic (exact) mass is 2090 g/mol. The molecule has 0 N–H and O–H groups in total. The Balaban J connectivity index is 0.000000809. The van der Waals surface area contributed by atoms with Crippen LogP contribution < -0.4 is 0 Å². The minimum absolute atomic E-state index is 0.0293. The predicted octanol–water partition coefficient (Wildman–Crippen LogP) is 35.6. The van der Waals surface area contributed by atoms with E-state index in [2.05, 4.69) is 281 Å². The third kappa shape index (κ3) is 96.1. The molecule has 6 aliphatic carbocycles. The highest BCUT2D eigenvalue weighted by atomic mass is 16.5. The molecule has 0 aromatic heterocycles. The van der Waals surface area contributed by atoms with Crippen LogP contribution in [0.15, 0.2) is 0 Å². The van der Waals surface area contributed by atoms with Gasteiger partial charge in [-0.05, 0) is 530 Å². The summed E-state index contributed by atoms with van der Waals surface area (Å²) in [6, 6.07) is 3.27. The first-order chi connectivity index (χ1) is 68.5. The quantitative estimate of drug-likeness (QED) is 0.0538. The van der Waals surface area contributed by atoms with Crippen molar-refractivity contribution in [3.05, 3.63) is 0 Å². The van der Waals surface area contributed by atoms with E-state index in [-0.39, 0.29) is 61.6 Å². The van der Waals surface area contributed by atoms with Gasteiger partial charge in [0, 0.05) is 103 Å². The zero-order chi connectivity index (χ0) is 111. The number of nitrogens with zero attached hydrogens (tertiary/aromatic N) is 5. The van der Waals surface area contributed by atoms with Crippen LogP contribution in [0.4, 0.5) is 0 Å². The molecule has 147 heavy (non-hydrogen) atoms. The van der Waals surface area contributed by atoms with Gasteiger partial charge in [0.15, 0.2) is 0 Å². The summed E-state index contributed by atoms with van der Waals surface area (Å²) >= 11 is 0. The molecule has 5 heterocycles. The maximum atomic E-state index is 5.71. The van der Waals surface area contributed by atoms with Gasteiger partial charge < -0.3 is 76.6 Å². The Bertz CT molecular complexity index is 2420. The Morgan fingerprint density at radius 3 is 0.401 bits per heavy atom. The fourth-order valence-corrected chi connectivity index (χ4v) is 22.1. The van der Waals surface area contributed by atoms with Crippen molar-refractivity contribution in [3.63, 3.8) is 0 Å². The third-order valence-electron chi connectivity index (χ3n) is 30.5. The Kier molecular flexibility index (Phi) is 78.8. The summed E-state index contributed by atoms with van der Waals surface area (Å²) < 4.78 is 62.6. The second-order valence-corrected chi connectivity index (χ2v) is 57.9. The van der Waals surface area contributed by atoms with E-state index in [0.717, 1.165) is 132 Å². The van der Waals surface area contributed by atoms with Gasteiger partial charge in [-0.2, -0.15) is 0 Å². The third-order valence-corrected chi connectivity index (χ3v) is 30.5. The summed E-state index contributed by atoms with van der Waals surface area (Å²) in [5.74, 6) is 6.10. The zero-order valence-electron chi connectivity index (χ0n) is 107. The molecule has 11 rings (SSSR count). The van der Waals surface area contributed by atoms with E-state index in [9.17, 15) is 0 Å². The summed E-state index contributed by atoms with van der Waals surface area (Å²) in [5.41, 5.74) is 0.458. The summed E-state index contributed by atoms with van der Waals surface area (Å²) in [4.78, 5) is 12.5. The summed E-state index contributed by atoms with van der Waals surface area (Å²) in [5, 5.41) is 0. The van der Waals surface area contributed by atoms with Gasteiger partial charge in [0.05, 0.1) is 61.6 Å². The molecule has 882 valence electrons. The van der Waals surface area contributed by atoms with E-state index >= 15 is 0 Å². The number of hydrogen-bond donors (Lipinski definition) is 0. The molecule has 0 spiro atoms. The molecule has 0 bridgehead atoms. The van der Waals surface area contributed by atoms with E-state index in [1.807, 2.05) is 0 Å². The Labute approximate surface area is 920 Å². The molecule has 11 fully saturated rings. The van der Waals surface area contributed by atoms with Crippen LogP contribution in [-0.2, 0) is 52.1 Å². The van der Waals surface area contributed by atoms with Gasteiger partial charge >= 0.3 is 0 Å². The lowest BCUT2D eigenvalue weighted by Crippen LogP contribution is -2.26. The average Bonchev–Trinajstić information content (AvgIpc) is 1.79. The maximum absolute atomic E-state index is 5.71. The molecule has 2 unspecified atom stereocenters. The molecule has 0 amide bonds. The Morgan fingerprint density at radius 1 is 0.150 bits per heavy atom. The van der Waals surface area contributed by atoms with Crippen LogP contribution in [0.1, 0.15) is 582 Å². The molecular formula is C131H267N5O11. The van der Waals surface area contributed by atoms with Crippen LogP contribution in [-0.4, -0.2) is 257 Å². The molecule has 5 saturated heterocycles. The number of hydrogen-bond acceptors (Lipinski definition) is 16. The molecule has 0 radical (unpaired) electrons. The van der Waals surface area contributed by atoms with Crippen molar-refractivity contribution in [1.29, 1.82) is 0 Å². The first-order valence-electron chi connectivity index (χ1n) is 63.1. The van der Waals surface area contributed by atoms with Crippen molar-refractivity contribution in [2.75, 3.05) is 147 Å². The lowest BCUT2D eigenvalue weighted by Gasteiger charge is -2.22. The topological polar surface area (TPSA) is 118 Å². The number of ether oxygens (including phenoxy) is 11. The molecular weight excluding hydrogens is 1820 g/mol. The predicted molar refractivity (Wildman–Crippen MR) is 640 cm³/mol. The first kappa shape index (κ1) is 144. The van der Waals surface area contributed by atoms with Crippen LogP contribution in [0.25, 0.3) is 0 Å². The molecule has 16 heteroatoms. The van der Waals surface area contributed by atoms with Crippen molar-refractivity contribution >= 4 is 0 Å². The van der Waals surface area contributed by atoms with Crippen LogP contribution in [0, 0.1) is 35.5 Å². The van der Waals surface area contributed by atoms with Gasteiger partial charge in [-0.1, -0.05) is 154 Å². The lowest BCUT2D eigenvalue weighted by atomic mass is 10.0. The van der Waals surface area contributed by atoms with Crippen molar-refractivity contribution in [2.24, 2.45) is 35.5 Å². The van der Waals surface area contributed by atoms with Crippen LogP contribution in [0.3, 0.4) is 0 Å². The molecule has 0 aromatic rings. The molecule has 6 saturated carbocycles. The average molecular weight is 2090 g/mol. The highest BCUT2D eigenvalue weighted by Crippen LogP contribution is 2.36. The largest absolute Gasteiger partial charge is 0.376 e. The second kappa shape index (κ2) is 80.2. The minimum Gasteiger partial charge on any atom is -0.376 e. The smallest absolute Gasteiger partial charge is 0.0598 e. The molecule has 16 nitrogen and oxygen atoms in total. The van der Waals surface area contributed by atoms with Gasteiger partial charge in [-0.25, -0.2) is 0 Å². The van der Waals surface area contributed by atoms with Crippen LogP contribution in [0.2, 0.25) is 0 Å². The number of likely N-dealkylation sites (tertiary alicyclic amines) is 5. The highest BCUT2D eigenvalue weighted by Gasteiger charge is 2.29.